The van der Waals surface area contributed by atoms with Gasteiger partial charge in [-0.1, -0.05) is 23.2 Å². The van der Waals surface area contributed by atoms with Crippen molar-refractivity contribution in [2.45, 2.75) is 29.9 Å². The van der Waals surface area contributed by atoms with Crippen LogP contribution in [-0.2, 0) is 10.0 Å². The zero-order chi connectivity index (χ0) is 18.6. The maximum atomic E-state index is 12.4. The van der Waals surface area contributed by atoms with Crippen LogP contribution in [-0.4, -0.2) is 63.9 Å². The molecule has 10 heteroatoms. The van der Waals surface area contributed by atoms with E-state index in [0.717, 1.165) is 25.9 Å². The summed E-state index contributed by atoms with van der Waals surface area (Å²) in [5.74, 6) is 0.247. The second-order valence-electron chi connectivity index (χ2n) is 5.93. The van der Waals surface area contributed by atoms with Crippen molar-refractivity contribution in [1.82, 2.24) is 9.62 Å². The molecule has 1 aliphatic rings. The average molecular weight is 413 g/mol. The average Bonchev–Trinajstić information content (AvgIpc) is 2.59. The topological polar surface area (TPSA) is 109 Å². The third-order valence-electron chi connectivity index (χ3n) is 4.14. The molecule has 0 spiro atoms. The van der Waals surface area contributed by atoms with Gasteiger partial charge in [-0.15, -0.1) is 0 Å². The number of β-amino-alcohol motifs (C(OH)–C–C–N with tert-alkyl or cyclic N) is 1. The highest BCUT2D eigenvalue weighted by Gasteiger charge is 2.31. The predicted octanol–water partition coefficient (Wildman–Crippen LogP) is 1.22. The molecule has 1 aliphatic heterocycles. The number of ether oxygens (including phenoxy) is 1. The molecule has 1 aromatic carbocycles. The molecule has 0 aromatic heterocycles. The molecule has 5 N–H and O–H groups in total. The van der Waals surface area contributed by atoms with Gasteiger partial charge in [0.2, 0.25) is 0 Å². The fraction of sp³-hybridized carbons (Fsp3) is 0.600. The van der Waals surface area contributed by atoms with E-state index < -0.39 is 16.1 Å². The molecule has 2 rings (SSSR count). The molecule has 25 heavy (non-hydrogen) atoms. The minimum Gasteiger partial charge on any atom is -0.489 e. The highest BCUT2D eigenvalue weighted by atomic mass is 35.5. The van der Waals surface area contributed by atoms with E-state index in [0.29, 0.717) is 6.54 Å². The van der Waals surface area contributed by atoms with Gasteiger partial charge in [-0.2, -0.15) is 8.93 Å². The van der Waals surface area contributed by atoms with E-state index in [1.807, 2.05) is 0 Å². The van der Waals surface area contributed by atoms with E-state index >= 15 is 0 Å². The van der Waals surface area contributed by atoms with Gasteiger partial charge >= 0.3 is 10.0 Å². The van der Waals surface area contributed by atoms with Crippen LogP contribution >= 0.6 is 23.2 Å². The summed E-state index contributed by atoms with van der Waals surface area (Å²) in [6, 6.07) is 3.10. The van der Waals surface area contributed by atoms with Gasteiger partial charge in [0.1, 0.15) is 11.9 Å². The van der Waals surface area contributed by atoms with E-state index in [4.69, 9.17) is 33.7 Å². The smallest absolute Gasteiger partial charge is 0.378 e. The number of nitrogens with one attached hydrogen (secondary N) is 1. The van der Waals surface area contributed by atoms with Crippen LogP contribution in [0.25, 0.3) is 0 Å². The molecule has 1 fully saturated rings. The largest absolute Gasteiger partial charge is 0.489 e. The lowest BCUT2D eigenvalue weighted by Gasteiger charge is -2.33. The minimum atomic E-state index is -3.56. The molecule has 1 saturated heterocycles. The lowest BCUT2D eigenvalue weighted by atomic mass is 10.1. The normalized spacial score (nSPS) is 20.2. The Balaban J connectivity index is 2.11. The summed E-state index contributed by atoms with van der Waals surface area (Å²) in [4.78, 5) is 2.08. The van der Waals surface area contributed by atoms with Gasteiger partial charge in [0.25, 0.3) is 0 Å². The first-order valence-electron chi connectivity index (χ1n) is 7.98. The molecule has 7 nitrogen and oxygen atoms in total. The van der Waals surface area contributed by atoms with Gasteiger partial charge in [-0.3, -0.25) is 0 Å². The summed E-state index contributed by atoms with van der Waals surface area (Å²) in [6.07, 6.45) is 0.801. The molecule has 0 radical (unpaired) electrons. The van der Waals surface area contributed by atoms with Crippen molar-refractivity contribution >= 4 is 33.2 Å². The first kappa shape index (κ1) is 20.7. The molecular formula is C15H24Cl2N3O4S+. The fourth-order valence-corrected chi connectivity index (χ4v) is 4.36. The van der Waals surface area contributed by atoms with Crippen molar-refractivity contribution in [3.63, 3.8) is 0 Å². The number of hydrogen-bond donors (Lipinski definition) is 3. The third-order valence-corrected chi connectivity index (χ3v) is 6.56. The Labute approximate surface area is 158 Å². The van der Waals surface area contributed by atoms with E-state index in [9.17, 15) is 13.5 Å². The molecule has 142 valence electrons. The Morgan fingerprint density at radius 2 is 2.12 bits per heavy atom. The molecule has 2 atom stereocenters. The van der Waals surface area contributed by atoms with Crippen LogP contribution in [0, 0.1) is 0 Å². The van der Waals surface area contributed by atoms with E-state index in [-0.39, 0.29) is 33.3 Å². The van der Waals surface area contributed by atoms with Crippen LogP contribution in [0.2, 0.25) is 10.0 Å². The second-order valence-corrected chi connectivity index (χ2v) is 8.58. The number of halogens is 2. The summed E-state index contributed by atoms with van der Waals surface area (Å²) in [7, 11) is -2.20. The highest BCUT2D eigenvalue weighted by molar-refractivity contribution is 7.89. The number of rotatable bonds is 7. The number of aliphatic hydroxyl groups is 1. The highest BCUT2D eigenvalue weighted by Crippen LogP contribution is 2.37. The van der Waals surface area contributed by atoms with Crippen molar-refractivity contribution in [2.75, 3.05) is 33.2 Å². The number of hydrogen-bond acceptors (Lipinski definition) is 5. The van der Waals surface area contributed by atoms with Crippen molar-refractivity contribution in [2.24, 2.45) is 5.73 Å². The van der Waals surface area contributed by atoms with Crippen LogP contribution in [0.1, 0.15) is 12.8 Å². The maximum Gasteiger partial charge on any atom is 0.378 e. The minimum absolute atomic E-state index is 0.00419. The Hall–Kier alpha value is -0.610. The maximum absolute atomic E-state index is 12.4. The number of nitrogens with two attached hydrogens (primary N) is 1. The lowest BCUT2D eigenvalue weighted by Crippen LogP contribution is -2.43. The van der Waals surface area contributed by atoms with Crippen LogP contribution in [0.5, 0.6) is 5.75 Å². The van der Waals surface area contributed by atoms with Gasteiger partial charge in [0, 0.05) is 33.2 Å². The lowest BCUT2D eigenvalue weighted by molar-refractivity contribution is 0.0630. The molecule has 0 aliphatic carbocycles. The number of benzene rings is 1. The Kier molecular flexibility index (Phi) is 7.33. The molecule has 0 amide bonds. The van der Waals surface area contributed by atoms with Gasteiger partial charge in [0.15, 0.2) is 4.90 Å². The van der Waals surface area contributed by atoms with E-state index in [1.165, 1.54) is 7.05 Å². The van der Waals surface area contributed by atoms with Gasteiger partial charge < -0.3 is 20.5 Å². The Morgan fingerprint density at radius 1 is 1.48 bits per heavy atom. The van der Waals surface area contributed by atoms with Gasteiger partial charge in [-0.05, 0) is 25.0 Å². The standard InChI is InChI=1S/C15H23Cl2N3O4S/c1-19-25(22,23)15-13(3-2-12(16)14(15)17)24-11-4-6-20(7-5-11)9-10(21)8-18/h2-3,10-11,21H,4-9,18H2,1H3,(H,19,22,23)/p+1/t10-/m1/s1. The van der Waals surface area contributed by atoms with Crippen LogP contribution < -0.4 is 15.2 Å². The molecule has 1 aromatic rings. The third kappa shape index (κ3) is 5.19. The van der Waals surface area contributed by atoms with Crippen molar-refractivity contribution < 1.29 is 18.3 Å². The number of nitrogens with zero attached hydrogens (tertiary/aromatic N) is 1. The second kappa shape index (κ2) is 8.85. The van der Waals surface area contributed by atoms with Gasteiger partial charge in [-0.25, -0.2) is 4.21 Å². The SMILES string of the molecule is CNS(=O)(=[OH+])c1c(OC2CCN(C[C@H](O)CN)CC2)ccc(Cl)c1Cl. The monoisotopic (exact) mass is 412 g/mol. The number of piperidine rings is 1. The van der Waals surface area contributed by atoms with E-state index in [2.05, 4.69) is 9.62 Å². The van der Waals surface area contributed by atoms with Crippen LogP contribution in [0.4, 0.5) is 0 Å². The fourth-order valence-electron chi connectivity index (χ4n) is 2.73. The first-order chi connectivity index (χ1) is 11.8. The summed E-state index contributed by atoms with van der Waals surface area (Å²) < 4.78 is 30.8. The van der Waals surface area contributed by atoms with Crippen molar-refractivity contribution in [3.05, 3.63) is 22.2 Å². The zero-order valence-electron chi connectivity index (χ0n) is 14.0. The molecular weight excluding hydrogens is 389 g/mol. The summed E-state index contributed by atoms with van der Waals surface area (Å²) in [5, 5.41) is 9.82. The van der Waals surface area contributed by atoms with Crippen LogP contribution in [0.15, 0.2) is 17.0 Å². The van der Waals surface area contributed by atoms with Crippen LogP contribution in [0.3, 0.4) is 0 Å². The quantitative estimate of drug-likeness (QED) is 0.583. The molecule has 1 heterocycles. The Bertz CT molecular complexity index is 694. The van der Waals surface area contributed by atoms with Crippen molar-refractivity contribution in [1.29, 1.82) is 0 Å². The molecule has 1 unspecified atom stereocenters. The van der Waals surface area contributed by atoms with Crippen molar-refractivity contribution in [3.8, 4) is 5.75 Å². The molecule has 0 saturated carbocycles. The van der Waals surface area contributed by atoms with Gasteiger partial charge in [0.05, 0.1) is 16.1 Å². The Morgan fingerprint density at radius 3 is 2.68 bits per heavy atom. The number of aliphatic hydroxyl groups excluding tert-OH is 1. The summed E-state index contributed by atoms with van der Waals surface area (Å²) in [6.45, 7) is 2.27. The first-order valence-corrected chi connectivity index (χ1v) is 10.3. The number of likely N-dealkylation sites (tertiary alicyclic amines) is 1. The predicted molar refractivity (Wildman–Crippen MR) is 99.0 cm³/mol. The zero-order valence-corrected chi connectivity index (χ0v) is 16.3. The summed E-state index contributed by atoms with van der Waals surface area (Å²) in [5.41, 5.74) is 5.43. The summed E-state index contributed by atoms with van der Waals surface area (Å²) >= 11 is 12.1. The van der Waals surface area contributed by atoms with E-state index in [1.54, 1.807) is 12.1 Å². The molecule has 0 bridgehead atoms.